The Hall–Kier alpha value is -2.25. The molecule has 0 aliphatic carbocycles. The van der Waals surface area contributed by atoms with E-state index in [0.717, 1.165) is 11.3 Å². The number of ether oxygens (including phenoxy) is 1. The molecular formula is C10H13N5O3. The van der Waals surface area contributed by atoms with Crippen LogP contribution in [0, 0.1) is 13.8 Å². The highest BCUT2D eigenvalue weighted by molar-refractivity contribution is 5.85. The topological polar surface area (TPSA) is 95.9 Å². The number of tetrazole rings is 1. The maximum atomic E-state index is 11.6. The van der Waals surface area contributed by atoms with Crippen LogP contribution in [0.5, 0.6) is 0 Å². The molecule has 0 radical (unpaired) electrons. The van der Waals surface area contributed by atoms with Crippen LogP contribution in [0.25, 0.3) is 0 Å². The third kappa shape index (κ3) is 2.22. The maximum absolute atomic E-state index is 11.6. The van der Waals surface area contributed by atoms with Crippen LogP contribution in [0.4, 0.5) is 0 Å². The average Bonchev–Trinajstić information content (AvgIpc) is 2.91. The normalized spacial score (nSPS) is 10.6. The summed E-state index contributed by atoms with van der Waals surface area (Å²) in [6.45, 7) is 5.93. The van der Waals surface area contributed by atoms with Gasteiger partial charge in [0.1, 0.15) is 5.76 Å². The van der Waals surface area contributed by atoms with Gasteiger partial charge in [0.15, 0.2) is 0 Å². The van der Waals surface area contributed by atoms with Gasteiger partial charge in [0.2, 0.25) is 0 Å². The average molecular weight is 251 g/mol. The van der Waals surface area contributed by atoms with E-state index in [4.69, 9.17) is 9.26 Å². The second-order valence-electron chi connectivity index (χ2n) is 3.68. The lowest BCUT2D eigenvalue weighted by molar-refractivity contribution is 0.0505. The van der Waals surface area contributed by atoms with Crippen LogP contribution in [0.3, 0.4) is 0 Å². The highest BCUT2D eigenvalue weighted by atomic mass is 16.5. The van der Waals surface area contributed by atoms with Gasteiger partial charge in [-0.2, -0.15) is 0 Å². The minimum atomic E-state index is -0.547. The minimum absolute atomic E-state index is 0.0665. The van der Waals surface area contributed by atoms with Gasteiger partial charge in [0.05, 0.1) is 18.8 Å². The van der Waals surface area contributed by atoms with Crippen molar-refractivity contribution in [3.05, 3.63) is 22.8 Å². The standard InChI is InChI=1S/C10H13N5O3/c1-4-17-10(16)9-11-13-14-15(9)5-8-6(2)12-18-7(8)3/h4-5H2,1-3H3. The first-order valence-electron chi connectivity index (χ1n) is 5.48. The summed E-state index contributed by atoms with van der Waals surface area (Å²) < 4.78 is 11.3. The Bertz CT molecular complexity index is 540. The molecule has 8 nitrogen and oxygen atoms in total. The van der Waals surface area contributed by atoms with Crippen molar-refractivity contribution >= 4 is 5.97 Å². The molecule has 0 fully saturated rings. The van der Waals surface area contributed by atoms with E-state index in [1.54, 1.807) is 13.8 Å². The number of hydrogen-bond acceptors (Lipinski definition) is 7. The van der Waals surface area contributed by atoms with Crippen LogP contribution in [0.15, 0.2) is 4.52 Å². The summed E-state index contributed by atoms with van der Waals surface area (Å²) in [5.74, 6) is 0.198. The number of aryl methyl sites for hydroxylation is 2. The summed E-state index contributed by atoms with van der Waals surface area (Å²) in [5, 5.41) is 14.7. The van der Waals surface area contributed by atoms with Crippen LogP contribution in [0.2, 0.25) is 0 Å². The summed E-state index contributed by atoms with van der Waals surface area (Å²) in [5.41, 5.74) is 1.60. The number of carbonyl (C=O) groups excluding carboxylic acids is 1. The lowest BCUT2D eigenvalue weighted by Gasteiger charge is -2.03. The highest BCUT2D eigenvalue weighted by Crippen LogP contribution is 2.14. The number of esters is 1. The van der Waals surface area contributed by atoms with Crippen molar-refractivity contribution in [3.8, 4) is 0 Å². The second kappa shape index (κ2) is 4.94. The molecular weight excluding hydrogens is 238 g/mol. The summed E-state index contributed by atoms with van der Waals surface area (Å²) in [4.78, 5) is 11.6. The molecule has 96 valence electrons. The van der Waals surface area contributed by atoms with Gasteiger partial charge in [0, 0.05) is 5.56 Å². The number of carbonyl (C=O) groups is 1. The monoisotopic (exact) mass is 251 g/mol. The summed E-state index contributed by atoms with van der Waals surface area (Å²) >= 11 is 0. The predicted molar refractivity (Wildman–Crippen MR) is 58.9 cm³/mol. The SMILES string of the molecule is CCOC(=O)c1nnnn1Cc1c(C)noc1C. The third-order valence-corrected chi connectivity index (χ3v) is 2.48. The number of nitrogens with zero attached hydrogens (tertiary/aromatic N) is 5. The van der Waals surface area contributed by atoms with E-state index in [-0.39, 0.29) is 12.4 Å². The Kier molecular flexibility index (Phi) is 3.35. The van der Waals surface area contributed by atoms with Gasteiger partial charge in [-0.3, -0.25) is 0 Å². The van der Waals surface area contributed by atoms with Gasteiger partial charge in [-0.25, -0.2) is 9.48 Å². The molecule has 0 aliphatic rings. The Labute approximate surface area is 103 Å². The molecule has 0 unspecified atom stereocenters. The largest absolute Gasteiger partial charge is 0.460 e. The first-order chi connectivity index (χ1) is 8.63. The van der Waals surface area contributed by atoms with Gasteiger partial charge in [-0.15, -0.1) is 5.10 Å². The van der Waals surface area contributed by atoms with Gasteiger partial charge in [-0.1, -0.05) is 5.16 Å². The number of aromatic nitrogens is 5. The molecule has 0 aliphatic heterocycles. The van der Waals surface area contributed by atoms with Crippen molar-refractivity contribution in [2.75, 3.05) is 6.61 Å². The molecule has 0 bridgehead atoms. The van der Waals surface area contributed by atoms with E-state index in [2.05, 4.69) is 20.7 Å². The van der Waals surface area contributed by atoms with E-state index in [1.807, 2.05) is 6.92 Å². The molecule has 2 heterocycles. The van der Waals surface area contributed by atoms with E-state index in [0.29, 0.717) is 12.3 Å². The van der Waals surface area contributed by atoms with Crippen LogP contribution >= 0.6 is 0 Å². The first kappa shape index (κ1) is 12.2. The lowest BCUT2D eigenvalue weighted by atomic mass is 10.2. The fourth-order valence-electron chi connectivity index (χ4n) is 1.53. The third-order valence-electron chi connectivity index (χ3n) is 2.48. The minimum Gasteiger partial charge on any atom is -0.460 e. The molecule has 0 aromatic carbocycles. The Balaban J connectivity index is 2.25. The summed E-state index contributed by atoms with van der Waals surface area (Å²) in [7, 11) is 0. The van der Waals surface area contributed by atoms with Crippen molar-refractivity contribution in [3.63, 3.8) is 0 Å². The fourth-order valence-corrected chi connectivity index (χ4v) is 1.53. The van der Waals surface area contributed by atoms with E-state index >= 15 is 0 Å². The van der Waals surface area contributed by atoms with E-state index < -0.39 is 5.97 Å². The smallest absolute Gasteiger partial charge is 0.378 e. The maximum Gasteiger partial charge on any atom is 0.378 e. The van der Waals surface area contributed by atoms with Gasteiger partial charge < -0.3 is 9.26 Å². The molecule has 18 heavy (non-hydrogen) atoms. The predicted octanol–water partition coefficient (Wildman–Crippen LogP) is 0.503. The Morgan fingerprint density at radius 1 is 1.44 bits per heavy atom. The van der Waals surface area contributed by atoms with Crippen LogP contribution in [-0.2, 0) is 11.3 Å². The van der Waals surface area contributed by atoms with Crippen LogP contribution in [0.1, 0.15) is 34.6 Å². The number of hydrogen-bond donors (Lipinski definition) is 0. The molecule has 0 amide bonds. The van der Waals surface area contributed by atoms with Gasteiger partial charge in [0.25, 0.3) is 5.82 Å². The Morgan fingerprint density at radius 2 is 2.22 bits per heavy atom. The zero-order chi connectivity index (χ0) is 13.1. The van der Waals surface area contributed by atoms with Gasteiger partial charge in [-0.05, 0) is 31.2 Å². The zero-order valence-corrected chi connectivity index (χ0v) is 10.4. The van der Waals surface area contributed by atoms with Crippen LogP contribution < -0.4 is 0 Å². The number of rotatable bonds is 4. The van der Waals surface area contributed by atoms with Gasteiger partial charge >= 0.3 is 5.97 Å². The first-order valence-corrected chi connectivity index (χ1v) is 5.48. The molecule has 0 saturated heterocycles. The molecule has 2 rings (SSSR count). The van der Waals surface area contributed by atoms with E-state index in [1.165, 1.54) is 4.68 Å². The zero-order valence-electron chi connectivity index (χ0n) is 10.4. The molecule has 8 heteroatoms. The second-order valence-corrected chi connectivity index (χ2v) is 3.68. The van der Waals surface area contributed by atoms with E-state index in [9.17, 15) is 4.79 Å². The Morgan fingerprint density at radius 3 is 2.83 bits per heavy atom. The lowest BCUT2D eigenvalue weighted by Crippen LogP contribution is -2.15. The van der Waals surface area contributed by atoms with Crippen molar-refractivity contribution in [2.45, 2.75) is 27.3 Å². The van der Waals surface area contributed by atoms with Crippen molar-refractivity contribution < 1.29 is 14.1 Å². The molecule has 0 saturated carbocycles. The quantitative estimate of drug-likeness (QED) is 0.730. The molecule has 2 aromatic rings. The summed E-state index contributed by atoms with van der Waals surface area (Å²) in [6.07, 6.45) is 0. The molecule has 0 atom stereocenters. The van der Waals surface area contributed by atoms with Crippen LogP contribution in [-0.4, -0.2) is 37.9 Å². The summed E-state index contributed by atoms with van der Waals surface area (Å²) in [6, 6.07) is 0. The molecule has 0 N–H and O–H groups in total. The fraction of sp³-hybridized carbons (Fsp3) is 0.500. The molecule has 0 spiro atoms. The molecule has 2 aromatic heterocycles. The van der Waals surface area contributed by atoms with Crippen molar-refractivity contribution in [1.82, 2.24) is 25.4 Å². The van der Waals surface area contributed by atoms with Crippen molar-refractivity contribution in [1.29, 1.82) is 0 Å². The van der Waals surface area contributed by atoms with Crippen molar-refractivity contribution in [2.24, 2.45) is 0 Å². The highest BCUT2D eigenvalue weighted by Gasteiger charge is 2.19.